The first-order valence-electron chi connectivity index (χ1n) is 13.0. The first-order chi connectivity index (χ1) is 18.9. The third-order valence-corrected chi connectivity index (χ3v) is 7.67. The van der Waals surface area contributed by atoms with Crippen molar-refractivity contribution in [2.75, 3.05) is 24.3 Å². The van der Waals surface area contributed by atoms with Crippen LogP contribution in [0.5, 0.6) is 5.75 Å². The molecule has 1 atom stereocenters. The molecular weight excluding hydrogens is 518 g/mol. The van der Waals surface area contributed by atoms with E-state index in [1.165, 1.54) is 0 Å². The van der Waals surface area contributed by atoms with Gasteiger partial charge in [-0.1, -0.05) is 17.7 Å². The largest absolute Gasteiger partial charge is 0.495 e. The highest BCUT2D eigenvalue weighted by Crippen LogP contribution is 2.33. The molecule has 9 nitrogen and oxygen atoms in total. The number of amides is 3. The summed E-state index contributed by atoms with van der Waals surface area (Å²) >= 11 is 6.16. The molecule has 3 heterocycles. The van der Waals surface area contributed by atoms with Gasteiger partial charge in [0, 0.05) is 35.8 Å². The number of pyridine rings is 2. The maximum atomic E-state index is 13.8. The first-order valence-corrected chi connectivity index (χ1v) is 13.4. The molecule has 3 aromatic rings. The number of benzene rings is 1. The van der Waals surface area contributed by atoms with Gasteiger partial charge in [0.1, 0.15) is 17.6 Å². The van der Waals surface area contributed by atoms with Gasteiger partial charge >= 0.3 is 0 Å². The summed E-state index contributed by atoms with van der Waals surface area (Å²) in [5.74, 6) is 0.583. The van der Waals surface area contributed by atoms with Crippen LogP contribution in [-0.4, -0.2) is 52.3 Å². The van der Waals surface area contributed by atoms with Crippen LogP contribution < -0.4 is 15.4 Å². The molecule has 2 aromatic heterocycles. The van der Waals surface area contributed by atoms with E-state index >= 15 is 0 Å². The Morgan fingerprint density at radius 3 is 2.62 bits per heavy atom. The number of hydrogen-bond donors (Lipinski definition) is 2. The lowest BCUT2D eigenvalue weighted by atomic mass is 9.81. The van der Waals surface area contributed by atoms with Crippen LogP contribution in [-0.2, 0) is 16.0 Å². The molecule has 202 valence electrons. The third-order valence-electron chi connectivity index (χ3n) is 7.43. The predicted molar refractivity (Wildman–Crippen MR) is 148 cm³/mol. The van der Waals surface area contributed by atoms with E-state index in [1.807, 2.05) is 18.2 Å². The summed E-state index contributed by atoms with van der Waals surface area (Å²) in [6.07, 6.45) is 6.46. The molecule has 0 unspecified atom stereocenters. The molecule has 0 saturated heterocycles. The van der Waals surface area contributed by atoms with Gasteiger partial charge in [-0.25, -0.2) is 4.98 Å². The van der Waals surface area contributed by atoms with Gasteiger partial charge in [0.25, 0.3) is 5.91 Å². The number of nitrogens with one attached hydrogen (secondary N) is 2. The lowest BCUT2D eigenvalue weighted by Gasteiger charge is -2.35. The second-order valence-corrected chi connectivity index (χ2v) is 10.4. The Labute approximate surface area is 231 Å². The number of ether oxygens (including phenoxy) is 1. The number of carbonyl (C=O) groups excluding carboxylic acids is 3. The van der Waals surface area contributed by atoms with Crippen LogP contribution in [0.1, 0.15) is 41.7 Å². The van der Waals surface area contributed by atoms with Crippen LogP contribution in [0.25, 0.3) is 0 Å². The highest BCUT2D eigenvalue weighted by molar-refractivity contribution is 6.31. The predicted octanol–water partition coefficient (Wildman–Crippen LogP) is 4.59. The third kappa shape index (κ3) is 6.20. The summed E-state index contributed by atoms with van der Waals surface area (Å²) in [6, 6.07) is 13.2. The molecule has 1 saturated carbocycles. The van der Waals surface area contributed by atoms with Crippen LogP contribution in [0.3, 0.4) is 0 Å². The van der Waals surface area contributed by atoms with Crippen molar-refractivity contribution in [1.82, 2.24) is 14.9 Å². The number of fused-ring (bicyclic) bond motifs is 1. The van der Waals surface area contributed by atoms with Crippen molar-refractivity contribution < 1.29 is 19.1 Å². The fraction of sp³-hybridized carbons (Fsp3) is 0.345. The van der Waals surface area contributed by atoms with E-state index in [9.17, 15) is 14.4 Å². The fourth-order valence-electron chi connectivity index (χ4n) is 5.28. The van der Waals surface area contributed by atoms with Crippen molar-refractivity contribution in [3.05, 3.63) is 77.2 Å². The number of aromatic nitrogens is 2. The molecule has 39 heavy (non-hydrogen) atoms. The molecule has 3 amide bonds. The van der Waals surface area contributed by atoms with Crippen LogP contribution in [0.15, 0.2) is 60.9 Å². The normalized spacial score (nSPS) is 21.0. The van der Waals surface area contributed by atoms with Crippen molar-refractivity contribution in [3.8, 4) is 5.75 Å². The Morgan fingerprint density at radius 2 is 1.92 bits per heavy atom. The van der Waals surface area contributed by atoms with Gasteiger partial charge in [0.05, 0.1) is 24.6 Å². The molecule has 10 heteroatoms. The number of nitrogens with zero attached hydrogens (tertiary/aromatic N) is 3. The Kier molecular flexibility index (Phi) is 8.07. The van der Waals surface area contributed by atoms with Crippen molar-refractivity contribution in [3.63, 3.8) is 0 Å². The summed E-state index contributed by atoms with van der Waals surface area (Å²) in [6.45, 7) is 0.417. The van der Waals surface area contributed by atoms with E-state index in [0.29, 0.717) is 53.6 Å². The van der Waals surface area contributed by atoms with Gasteiger partial charge in [-0.15, -0.1) is 0 Å². The first kappa shape index (κ1) is 26.6. The second-order valence-electron chi connectivity index (χ2n) is 9.97. The van der Waals surface area contributed by atoms with Gasteiger partial charge in [-0.2, -0.15) is 0 Å². The lowest BCUT2D eigenvalue weighted by molar-refractivity contribution is -0.121. The maximum Gasteiger partial charge on any atom is 0.256 e. The summed E-state index contributed by atoms with van der Waals surface area (Å²) < 4.78 is 5.11. The van der Waals surface area contributed by atoms with E-state index in [4.69, 9.17) is 16.3 Å². The monoisotopic (exact) mass is 547 g/mol. The molecule has 1 aromatic carbocycles. The van der Waals surface area contributed by atoms with Crippen molar-refractivity contribution >= 4 is 40.8 Å². The van der Waals surface area contributed by atoms with E-state index in [-0.39, 0.29) is 29.6 Å². The minimum Gasteiger partial charge on any atom is -0.495 e. The van der Waals surface area contributed by atoms with Crippen LogP contribution in [0, 0.1) is 11.8 Å². The Hall–Kier alpha value is -3.98. The number of rotatable bonds is 7. The number of hydrogen-bond acceptors (Lipinski definition) is 6. The minimum absolute atomic E-state index is 0.0600. The number of carbonyl (C=O) groups is 3. The highest BCUT2D eigenvalue weighted by Gasteiger charge is 2.38. The van der Waals surface area contributed by atoms with Gasteiger partial charge in [-0.3, -0.25) is 19.4 Å². The molecule has 1 aliphatic heterocycles. The quantitative estimate of drug-likeness (QED) is 0.447. The Balaban J connectivity index is 1.28. The second kappa shape index (κ2) is 11.8. The van der Waals surface area contributed by atoms with Crippen LogP contribution in [0.4, 0.5) is 11.5 Å². The summed E-state index contributed by atoms with van der Waals surface area (Å²) in [7, 11) is 1.56. The zero-order valence-electron chi connectivity index (χ0n) is 21.6. The minimum atomic E-state index is -0.722. The topological polar surface area (TPSA) is 114 Å². The zero-order valence-corrected chi connectivity index (χ0v) is 22.4. The van der Waals surface area contributed by atoms with E-state index < -0.39 is 6.04 Å². The van der Waals surface area contributed by atoms with E-state index in [1.54, 1.807) is 54.7 Å². The Morgan fingerprint density at radius 1 is 1.10 bits per heavy atom. The molecule has 0 radical (unpaired) electrons. The summed E-state index contributed by atoms with van der Waals surface area (Å²) in [5, 5.41) is 6.24. The standard InChI is InChI=1S/C29H30ClN5O4/c1-39-22-10-12-26(32-16-22)34-27(36)19-7-5-18(6-8-19)17-35-25(15-21-4-2-3-13-31-21)28(37)33-24-14-20(30)9-11-23(24)29(35)38/h2-4,9-14,16,18-19,25H,5-8,15,17H2,1H3,(H,33,37)(H,32,34,36)/t18-,19-,25-/m1/s1. The van der Waals surface area contributed by atoms with Crippen LogP contribution >= 0.6 is 11.6 Å². The molecule has 5 rings (SSSR count). The molecular formula is C29H30ClN5O4. The number of anilines is 2. The van der Waals surface area contributed by atoms with Crippen molar-refractivity contribution in [1.29, 1.82) is 0 Å². The maximum absolute atomic E-state index is 13.8. The fourth-order valence-corrected chi connectivity index (χ4v) is 5.45. The van der Waals surface area contributed by atoms with Crippen molar-refractivity contribution in [2.24, 2.45) is 11.8 Å². The molecule has 2 N–H and O–H groups in total. The average Bonchev–Trinajstić information content (AvgIpc) is 3.04. The molecule has 0 bridgehead atoms. The van der Waals surface area contributed by atoms with E-state index in [0.717, 1.165) is 18.5 Å². The molecule has 1 fully saturated rings. The summed E-state index contributed by atoms with van der Waals surface area (Å²) in [4.78, 5) is 50.3. The number of halogens is 1. The number of methoxy groups -OCH3 is 1. The average molecular weight is 548 g/mol. The molecule has 2 aliphatic rings. The highest BCUT2D eigenvalue weighted by atomic mass is 35.5. The molecule has 1 aliphatic carbocycles. The Bertz CT molecular complexity index is 1340. The molecule has 0 spiro atoms. The van der Waals surface area contributed by atoms with Gasteiger partial charge in [0.15, 0.2) is 0 Å². The lowest BCUT2D eigenvalue weighted by Crippen LogP contribution is -2.49. The smallest absolute Gasteiger partial charge is 0.256 e. The SMILES string of the molecule is COc1ccc(NC(=O)[C@H]2CC[C@H](CN3C(=O)c4ccc(Cl)cc4NC(=O)[C@H]3Cc3ccccn3)CC2)nc1. The summed E-state index contributed by atoms with van der Waals surface area (Å²) in [5.41, 5.74) is 1.56. The zero-order chi connectivity index (χ0) is 27.4. The van der Waals surface area contributed by atoms with Gasteiger partial charge in [-0.05, 0) is 74.1 Å². The van der Waals surface area contributed by atoms with Crippen molar-refractivity contribution in [2.45, 2.75) is 38.1 Å². The van der Waals surface area contributed by atoms with Crippen LogP contribution in [0.2, 0.25) is 5.02 Å². The van der Waals surface area contributed by atoms with Gasteiger partial charge < -0.3 is 20.3 Å². The van der Waals surface area contributed by atoms with Gasteiger partial charge in [0.2, 0.25) is 11.8 Å². The van der Waals surface area contributed by atoms with E-state index in [2.05, 4.69) is 20.6 Å².